The van der Waals surface area contributed by atoms with E-state index in [4.69, 9.17) is 0 Å². The zero-order valence-electron chi connectivity index (χ0n) is 14.7. The number of halogens is 2. The number of rotatable bonds is 5. The fourth-order valence-corrected chi connectivity index (χ4v) is 3.05. The third kappa shape index (κ3) is 3.63. The second-order valence-corrected chi connectivity index (χ2v) is 6.28. The van der Waals surface area contributed by atoms with Crippen molar-refractivity contribution in [2.45, 2.75) is 33.1 Å². The minimum absolute atomic E-state index is 0.310. The summed E-state index contributed by atoms with van der Waals surface area (Å²) >= 11 is 0. The first-order chi connectivity index (χ1) is 12.1. The average molecular weight is 336 g/mol. The Morgan fingerprint density at radius 3 is 1.76 bits per heavy atom. The molecule has 0 fully saturated rings. The van der Waals surface area contributed by atoms with Crippen molar-refractivity contribution in [2.24, 2.45) is 0 Å². The molecule has 0 radical (unpaired) electrons. The van der Waals surface area contributed by atoms with E-state index in [-0.39, 0.29) is 0 Å². The zero-order valence-corrected chi connectivity index (χ0v) is 14.7. The molecule has 3 rings (SSSR count). The van der Waals surface area contributed by atoms with E-state index in [2.05, 4.69) is 31.2 Å². The van der Waals surface area contributed by atoms with Crippen LogP contribution in [0.5, 0.6) is 0 Å². The summed E-state index contributed by atoms with van der Waals surface area (Å²) in [6, 6.07) is 19.4. The van der Waals surface area contributed by atoms with Crippen LogP contribution < -0.4 is 0 Å². The molecule has 3 aromatic carbocycles. The van der Waals surface area contributed by atoms with Gasteiger partial charge >= 0.3 is 0 Å². The van der Waals surface area contributed by atoms with Gasteiger partial charge in [-0.1, -0.05) is 80.9 Å². The molecule has 0 aliphatic rings. The normalized spacial score (nSPS) is 10.9. The molecule has 25 heavy (non-hydrogen) atoms. The summed E-state index contributed by atoms with van der Waals surface area (Å²) in [7, 11) is 0. The summed E-state index contributed by atoms with van der Waals surface area (Å²) in [5, 5.41) is 0. The number of aryl methyl sites for hydroxylation is 2. The molecule has 0 amide bonds. The van der Waals surface area contributed by atoms with E-state index in [1.54, 1.807) is 12.1 Å². The minimum atomic E-state index is -0.758. The van der Waals surface area contributed by atoms with E-state index >= 15 is 0 Å². The Kier molecular flexibility index (Phi) is 5.28. The molecule has 0 unspecified atom stereocenters. The summed E-state index contributed by atoms with van der Waals surface area (Å²) < 4.78 is 28.6. The van der Waals surface area contributed by atoms with Gasteiger partial charge < -0.3 is 0 Å². The third-order valence-corrected chi connectivity index (χ3v) is 4.57. The first-order valence-electron chi connectivity index (χ1n) is 8.80. The summed E-state index contributed by atoms with van der Waals surface area (Å²) in [5.74, 6) is -1.48. The Morgan fingerprint density at radius 2 is 1.20 bits per heavy atom. The summed E-state index contributed by atoms with van der Waals surface area (Å²) in [5.41, 5.74) is 4.92. The van der Waals surface area contributed by atoms with Crippen LogP contribution in [0.25, 0.3) is 22.3 Å². The van der Waals surface area contributed by atoms with Crippen LogP contribution in [-0.2, 0) is 12.8 Å². The van der Waals surface area contributed by atoms with Crippen molar-refractivity contribution in [2.75, 3.05) is 0 Å². The first kappa shape index (κ1) is 17.3. The fourth-order valence-electron chi connectivity index (χ4n) is 3.05. The summed E-state index contributed by atoms with van der Waals surface area (Å²) in [4.78, 5) is 0. The summed E-state index contributed by atoms with van der Waals surface area (Å²) in [6.07, 6.45) is 2.36. The first-order valence-corrected chi connectivity index (χ1v) is 8.80. The largest absolute Gasteiger partial charge is 0.203 e. The van der Waals surface area contributed by atoms with Crippen molar-refractivity contribution in [3.63, 3.8) is 0 Å². The van der Waals surface area contributed by atoms with E-state index in [0.717, 1.165) is 24.0 Å². The predicted molar refractivity (Wildman–Crippen MR) is 101 cm³/mol. The van der Waals surface area contributed by atoms with Crippen LogP contribution in [0.15, 0.2) is 60.7 Å². The lowest BCUT2D eigenvalue weighted by Crippen LogP contribution is -1.97. The molecule has 2 heteroatoms. The van der Waals surface area contributed by atoms with Crippen LogP contribution in [0.1, 0.15) is 31.4 Å². The lowest BCUT2D eigenvalue weighted by Gasteiger charge is -2.09. The minimum Gasteiger partial charge on any atom is -0.203 e. The Hall–Kier alpha value is -2.48. The number of hydrogen-bond donors (Lipinski definition) is 0. The van der Waals surface area contributed by atoms with Gasteiger partial charge in [0.1, 0.15) is 0 Å². The van der Waals surface area contributed by atoms with Gasteiger partial charge in [-0.3, -0.25) is 0 Å². The second-order valence-electron chi connectivity index (χ2n) is 6.28. The van der Waals surface area contributed by atoms with Crippen molar-refractivity contribution in [3.05, 3.63) is 83.4 Å². The van der Waals surface area contributed by atoms with Crippen LogP contribution in [0.3, 0.4) is 0 Å². The van der Waals surface area contributed by atoms with E-state index in [1.807, 2.05) is 31.2 Å². The highest BCUT2D eigenvalue weighted by molar-refractivity contribution is 5.71. The van der Waals surface area contributed by atoms with E-state index in [9.17, 15) is 8.78 Å². The molecule has 0 aromatic heterocycles. The van der Waals surface area contributed by atoms with Crippen molar-refractivity contribution in [3.8, 4) is 22.3 Å². The van der Waals surface area contributed by atoms with Crippen LogP contribution in [0, 0.1) is 11.6 Å². The highest BCUT2D eigenvalue weighted by atomic mass is 19.2. The SMILES string of the molecule is CCCc1ccc(-c2ccc(-c3ccc(CC)cc3)cc2)c(F)c1F. The Morgan fingerprint density at radius 1 is 0.640 bits per heavy atom. The van der Waals surface area contributed by atoms with Crippen LogP contribution >= 0.6 is 0 Å². The van der Waals surface area contributed by atoms with Crippen molar-refractivity contribution < 1.29 is 8.78 Å². The van der Waals surface area contributed by atoms with Crippen LogP contribution in [-0.4, -0.2) is 0 Å². The molecular weight excluding hydrogens is 314 g/mol. The van der Waals surface area contributed by atoms with Gasteiger partial charge in [-0.15, -0.1) is 0 Å². The van der Waals surface area contributed by atoms with E-state index in [0.29, 0.717) is 23.1 Å². The van der Waals surface area contributed by atoms with E-state index < -0.39 is 11.6 Å². The molecule has 0 heterocycles. The molecular formula is C23H22F2. The topological polar surface area (TPSA) is 0 Å². The van der Waals surface area contributed by atoms with Gasteiger partial charge in [-0.2, -0.15) is 0 Å². The number of benzene rings is 3. The van der Waals surface area contributed by atoms with Gasteiger partial charge in [-0.05, 0) is 40.7 Å². The Bertz CT molecular complexity index is 847. The van der Waals surface area contributed by atoms with Gasteiger partial charge in [0.2, 0.25) is 0 Å². The van der Waals surface area contributed by atoms with Gasteiger partial charge in [0, 0.05) is 5.56 Å². The highest BCUT2D eigenvalue weighted by Crippen LogP contribution is 2.29. The molecule has 0 aliphatic heterocycles. The molecule has 3 aromatic rings. The molecule has 0 nitrogen and oxygen atoms in total. The zero-order chi connectivity index (χ0) is 17.8. The smallest absolute Gasteiger partial charge is 0.166 e. The molecule has 0 bridgehead atoms. The third-order valence-electron chi connectivity index (χ3n) is 4.57. The van der Waals surface area contributed by atoms with Crippen molar-refractivity contribution in [1.29, 1.82) is 0 Å². The molecule has 0 spiro atoms. The molecule has 0 N–H and O–H groups in total. The van der Waals surface area contributed by atoms with Crippen molar-refractivity contribution in [1.82, 2.24) is 0 Å². The quantitative estimate of drug-likeness (QED) is 0.480. The standard InChI is InChI=1S/C23H22F2/c1-3-5-20-14-15-21(23(25)22(20)24)19-12-10-18(11-13-19)17-8-6-16(4-2)7-9-17/h6-15H,3-5H2,1-2H3. The predicted octanol–water partition coefficient (Wildman–Crippen LogP) is 6.81. The Balaban J connectivity index is 1.90. The molecule has 0 atom stereocenters. The lowest BCUT2D eigenvalue weighted by molar-refractivity contribution is 0.500. The molecule has 128 valence electrons. The van der Waals surface area contributed by atoms with Gasteiger partial charge in [0.05, 0.1) is 0 Å². The van der Waals surface area contributed by atoms with E-state index in [1.165, 1.54) is 5.56 Å². The van der Waals surface area contributed by atoms with Gasteiger partial charge in [0.15, 0.2) is 11.6 Å². The second kappa shape index (κ2) is 7.60. The number of hydrogen-bond acceptors (Lipinski definition) is 0. The average Bonchev–Trinajstić information content (AvgIpc) is 2.66. The summed E-state index contributed by atoms with van der Waals surface area (Å²) in [6.45, 7) is 4.08. The fraction of sp³-hybridized carbons (Fsp3) is 0.217. The van der Waals surface area contributed by atoms with Gasteiger partial charge in [-0.25, -0.2) is 8.78 Å². The maximum absolute atomic E-state index is 14.4. The van der Waals surface area contributed by atoms with Gasteiger partial charge in [0.25, 0.3) is 0 Å². The van der Waals surface area contributed by atoms with Crippen LogP contribution in [0.2, 0.25) is 0 Å². The van der Waals surface area contributed by atoms with Crippen molar-refractivity contribution >= 4 is 0 Å². The maximum Gasteiger partial charge on any atom is 0.166 e. The lowest BCUT2D eigenvalue weighted by atomic mass is 9.97. The molecule has 0 saturated carbocycles. The molecule has 0 aliphatic carbocycles. The highest BCUT2D eigenvalue weighted by Gasteiger charge is 2.14. The Labute approximate surface area is 148 Å². The monoisotopic (exact) mass is 336 g/mol. The molecule has 0 saturated heterocycles. The maximum atomic E-state index is 14.4. The van der Waals surface area contributed by atoms with Crippen LogP contribution in [0.4, 0.5) is 8.78 Å².